The van der Waals surface area contributed by atoms with Crippen LogP contribution in [0.4, 0.5) is 18.3 Å². The van der Waals surface area contributed by atoms with E-state index in [0.717, 1.165) is 9.90 Å². The maximum Gasteiger partial charge on any atom is 0.401 e. The number of nitrogens with one attached hydrogen (secondary N) is 1. The van der Waals surface area contributed by atoms with Gasteiger partial charge in [-0.25, -0.2) is 4.98 Å². The molecule has 2 rings (SSSR count). The smallest absolute Gasteiger partial charge is 0.302 e. The van der Waals surface area contributed by atoms with Crippen LogP contribution in [0.5, 0.6) is 0 Å². The van der Waals surface area contributed by atoms with Crippen LogP contribution in [-0.2, 0) is 4.79 Å². The quantitative estimate of drug-likeness (QED) is 0.797. The summed E-state index contributed by atoms with van der Waals surface area (Å²) in [6.45, 7) is 1.41. The van der Waals surface area contributed by atoms with Gasteiger partial charge in [0.25, 0.3) is 0 Å². The number of amides is 1. The van der Waals surface area contributed by atoms with Crippen molar-refractivity contribution >= 4 is 34.1 Å². The van der Waals surface area contributed by atoms with Gasteiger partial charge in [-0.2, -0.15) is 18.4 Å². The minimum atomic E-state index is -4.20. The molecule has 1 saturated heterocycles. The molecule has 1 N–H and O–H groups in total. The molecule has 2 heterocycles. The summed E-state index contributed by atoms with van der Waals surface area (Å²) in [5.41, 5.74) is 0.760. The highest BCUT2D eigenvalue weighted by Crippen LogP contribution is 2.32. The number of aryl methyl sites for hydroxylation is 1. The summed E-state index contributed by atoms with van der Waals surface area (Å²) in [6.07, 6.45) is -3.39. The SMILES string of the molecule is Cc1nc(NC(=O)C2CCN(CC(F)(F)F)CC2)sc1SCC#N. The maximum absolute atomic E-state index is 12.4. The van der Waals surface area contributed by atoms with E-state index in [1.54, 1.807) is 0 Å². The molecule has 0 saturated carbocycles. The van der Waals surface area contributed by atoms with Crippen molar-refractivity contribution < 1.29 is 18.0 Å². The van der Waals surface area contributed by atoms with Gasteiger partial charge in [-0.05, 0) is 32.9 Å². The zero-order valence-electron chi connectivity index (χ0n) is 13.0. The molecule has 0 radical (unpaired) electrons. The average molecular weight is 378 g/mol. The Kier molecular flexibility index (Phi) is 6.48. The maximum atomic E-state index is 12.4. The molecule has 1 aliphatic heterocycles. The highest BCUT2D eigenvalue weighted by Gasteiger charge is 2.34. The van der Waals surface area contributed by atoms with Gasteiger partial charge >= 0.3 is 6.18 Å². The minimum absolute atomic E-state index is 0.202. The minimum Gasteiger partial charge on any atom is -0.302 e. The number of halogens is 3. The van der Waals surface area contributed by atoms with Crippen molar-refractivity contribution in [3.8, 4) is 6.07 Å². The number of nitrogens with zero attached hydrogens (tertiary/aromatic N) is 3. The Balaban J connectivity index is 1.85. The number of thiazole rings is 1. The van der Waals surface area contributed by atoms with Crippen molar-refractivity contribution in [3.05, 3.63) is 5.69 Å². The lowest BCUT2D eigenvalue weighted by atomic mass is 9.96. The number of aromatic nitrogens is 1. The van der Waals surface area contributed by atoms with Gasteiger partial charge in [0.1, 0.15) is 0 Å². The number of carbonyl (C=O) groups is 1. The van der Waals surface area contributed by atoms with Crippen LogP contribution < -0.4 is 5.32 Å². The van der Waals surface area contributed by atoms with Gasteiger partial charge in [-0.1, -0.05) is 23.1 Å². The monoisotopic (exact) mass is 378 g/mol. The Morgan fingerprint density at radius 2 is 2.17 bits per heavy atom. The zero-order chi connectivity index (χ0) is 17.7. The molecule has 1 amide bonds. The van der Waals surface area contributed by atoms with Crippen LogP contribution in [0.2, 0.25) is 0 Å². The third-order valence-corrected chi connectivity index (χ3v) is 5.92. The molecule has 132 valence electrons. The number of likely N-dealkylation sites (tertiary alicyclic amines) is 1. The molecule has 0 atom stereocenters. The van der Waals surface area contributed by atoms with Crippen LogP contribution in [0, 0.1) is 24.2 Å². The van der Waals surface area contributed by atoms with Crippen molar-refractivity contribution in [2.75, 3.05) is 30.7 Å². The fourth-order valence-electron chi connectivity index (χ4n) is 2.48. The highest BCUT2D eigenvalue weighted by molar-refractivity contribution is 8.01. The molecule has 5 nitrogen and oxygen atoms in total. The van der Waals surface area contributed by atoms with Gasteiger partial charge in [0, 0.05) is 5.92 Å². The van der Waals surface area contributed by atoms with E-state index in [1.807, 2.05) is 13.0 Å². The molecular formula is C14H17F3N4OS2. The summed E-state index contributed by atoms with van der Waals surface area (Å²) < 4.78 is 38.0. The summed E-state index contributed by atoms with van der Waals surface area (Å²) in [5, 5.41) is 11.8. The zero-order valence-corrected chi connectivity index (χ0v) is 14.7. The van der Waals surface area contributed by atoms with Crippen LogP contribution in [0.1, 0.15) is 18.5 Å². The van der Waals surface area contributed by atoms with Crippen LogP contribution in [-0.4, -0.2) is 47.4 Å². The first kappa shape index (κ1) is 19.0. The first-order valence-electron chi connectivity index (χ1n) is 7.35. The van der Waals surface area contributed by atoms with Crippen LogP contribution in [0.3, 0.4) is 0 Å². The second kappa shape index (κ2) is 8.18. The molecule has 1 aromatic heterocycles. The molecule has 0 unspecified atom stereocenters. The van der Waals surface area contributed by atoms with Crippen LogP contribution in [0.25, 0.3) is 0 Å². The number of thioether (sulfide) groups is 1. The molecule has 0 aromatic carbocycles. The molecule has 24 heavy (non-hydrogen) atoms. The van der Waals surface area contributed by atoms with Gasteiger partial charge in [0.15, 0.2) is 5.13 Å². The third kappa shape index (κ3) is 5.65. The van der Waals surface area contributed by atoms with Gasteiger partial charge in [0.2, 0.25) is 5.91 Å². The molecular weight excluding hydrogens is 361 g/mol. The van der Waals surface area contributed by atoms with Crippen molar-refractivity contribution in [2.24, 2.45) is 5.92 Å². The number of anilines is 1. The second-order valence-electron chi connectivity index (χ2n) is 5.49. The molecule has 10 heteroatoms. The Bertz CT molecular complexity index is 619. The number of alkyl halides is 3. The van der Waals surface area contributed by atoms with E-state index in [1.165, 1.54) is 28.0 Å². The third-order valence-electron chi connectivity index (χ3n) is 3.61. The van der Waals surface area contributed by atoms with Crippen molar-refractivity contribution in [2.45, 2.75) is 30.2 Å². The largest absolute Gasteiger partial charge is 0.401 e. The Hall–Kier alpha value is -1.31. The summed E-state index contributed by atoms with van der Waals surface area (Å²) in [6, 6.07) is 2.04. The lowest BCUT2D eigenvalue weighted by Gasteiger charge is -2.31. The lowest BCUT2D eigenvalue weighted by molar-refractivity contribution is -0.149. The predicted octanol–water partition coefficient (Wildman–Crippen LogP) is 3.28. The van der Waals surface area contributed by atoms with E-state index in [0.29, 0.717) is 23.7 Å². The number of rotatable bonds is 5. The molecule has 0 spiro atoms. The van der Waals surface area contributed by atoms with E-state index < -0.39 is 12.7 Å². The second-order valence-corrected chi connectivity index (χ2v) is 7.74. The molecule has 0 bridgehead atoms. The van der Waals surface area contributed by atoms with Crippen molar-refractivity contribution in [1.29, 1.82) is 5.26 Å². The molecule has 0 aliphatic carbocycles. The van der Waals surface area contributed by atoms with Gasteiger partial charge in [-0.15, -0.1) is 0 Å². The highest BCUT2D eigenvalue weighted by atomic mass is 32.2. The summed E-state index contributed by atoms with van der Waals surface area (Å²) in [5.74, 6) is -0.185. The first-order chi connectivity index (χ1) is 11.3. The lowest BCUT2D eigenvalue weighted by Crippen LogP contribution is -2.42. The fourth-order valence-corrected chi connectivity index (χ4v) is 4.28. The van der Waals surface area contributed by atoms with Gasteiger partial charge in [-0.3, -0.25) is 9.69 Å². The van der Waals surface area contributed by atoms with E-state index in [9.17, 15) is 18.0 Å². The van der Waals surface area contributed by atoms with E-state index >= 15 is 0 Å². The Morgan fingerprint density at radius 3 is 2.75 bits per heavy atom. The molecule has 1 aliphatic rings. The van der Waals surface area contributed by atoms with E-state index in [-0.39, 0.29) is 24.9 Å². The molecule has 1 fully saturated rings. The van der Waals surface area contributed by atoms with E-state index in [2.05, 4.69) is 10.3 Å². The standard InChI is InChI=1S/C14H17F3N4OS2/c1-9-12(23-7-4-18)24-13(19-9)20-11(22)10-2-5-21(6-3-10)8-14(15,16)17/h10H,2-3,5-8H2,1H3,(H,19,20,22). The number of piperidine rings is 1. The van der Waals surface area contributed by atoms with Gasteiger partial charge in [0.05, 0.1) is 28.3 Å². The average Bonchev–Trinajstić information content (AvgIpc) is 2.83. The normalized spacial score (nSPS) is 16.8. The number of hydrogen-bond acceptors (Lipinski definition) is 6. The van der Waals surface area contributed by atoms with Gasteiger partial charge < -0.3 is 5.32 Å². The fraction of sp³-hybridized carbons (Fsp3) is 0.643. The predicted molar refractivity (Wildman–Crippen MR) is 87.0 cm³/mol. The van der Waals surface area contributed by atoms with Crippen LogP contribution >= 0.6 is 23.1 Å². The van der Waals surface area contributed by atoms with Crippen molar-refractivity contribution in [1.82, 2.24) is 9.88 Å². The number of carbonyl (C=O) groups excluding carboxylic acids is 1. The first-order valence-corrected chi connectivity index (χ1v) is 9.16. The Labute approximate surface area is 146 Å². The Morgan fingerprint density at radius 1 is 1.50 bits per heavy atom. The van der Waals surface area contributed by atoms with Crippen LogP contribution in [0.15, 0.2) is 4.21 Å². The van der Waals surface area contributed by atoms with E-state index in [4.69, 9.17) is 5.26 Å². The summed E-state index contributed by atoms with van der Waals surface area (Å²) >= 11 is 2.68. The number of hydrogen-bond donors (Lipinski definition) is 1. The summed E-state index contributed by atoms with van der Waals surface area (Å²) in [4.78, 5) is 17.8. The number of nitriles is 1. The molecule has 1 aromatic rings. The summed E-state index contributed by atoms with van der Waals surface area (Å²) in [7, 11) is 0. The topological polar surface area (TPSA) is 69.0 Å². The van der Waals surface area contributed by atoms with Crippen molar-refractivity contribution in [3.63, 3.8) is 0 Å².